The van der Waals surface area contributed by atoms with E-state index in [2.05, 4.69) is 36.7 Å². The van der Waals surface area contributed by atoms with Crippen LogP contribution in [0.1, 0.15) is 72.4 Å². The fraction of sp³-hybridized carbons (Fsp3) is 0.714. The number of amides is 1. The molecule has 1 amide bonds. The number of carbonyl (C=O) groups is 1. The van der Waals surface area contributed by atoms with E-state index in [0.29, 0.717) is 24.3 Å². The molecule has 5 nitrogen and oxygen atoms in total. The Hall–Kier alpha value is -1.62. The molecule has 0 spiro atoms. The van der Waals surface area contributed by atoms with E-state index in [1.54, 1.807) is 4.90 Å². The van der Waals surface area contributed by atoms with Crippen molar-refractivity contribution in [1.29, 1.82) is 0 Å². The monoisotopic (exact) mass is 361 g/mol. The fourth-order valence-corrected chi connectivity index (χ4v) is 3.45. The maximum atomic E-state index is 12.6. The Kier molecular flexibility index (Phi) is 7.04. The smallest absolute Gasteiger partial charge is 0.416 e. The molecule has 2 rings (SSSR count). The lowest BCUT2D eigenvalue weighted by Crippen LogP contribution is -2.39. The van der Waals surface area contributed by atoms with Gasteiger partial charge >= 0.3 is 6.09 Å². The van der Waals surface area contributed by atoms with Crippen molar-refractivity contribution in [3.8, 4) is 0 Å². The Bertz CT molecular complexity index is 578. The fourth-order valence-electron chi connectivity index (χ4n) is 3.45. The second kappa shape index (κ2) is 8.85. The summed E-state index contributed by atoms with van der Waals surface area (Å²) in [6.07, 6.45) is 5.32. The summed E-state index contributed by atoms with van der Waals surface area (Å²) in [5.41, 5.74) is 0.722. The first kappa shape index (κ1) is 20.7. The maximum absolute atomic E-state index is 12.6. The number of hydrogen-bond acceptors (Lipinski definition) is 4. The number of pyridine rings is 1. The van der Waals surface area contributed by atoms with Crippen LogP contribution in [0.4, 0.5) is 10.6 Å². The van der Waals surface area contributed by atoms with E-state index in [0.717, 1.165) is 13.1 Å². The number of aromatic nitrogens is 1. The van der Waals surface area contributed by atoms with Crippen molar-refractivity contribution in [1.82, 2.24) is 9.88 Å². The van der Waals surface area contributed by atoms with E-state index in [4.69, 9.17) is 4.74 Å². The molecule has 0 aromatic carbocycles. The first-order valence-corrected chi connectivity index (χ1v) is 9.91. The number of piperidine rings is 1. The highest BCUT2D eigenvalue weighted by Gasteiger charge is 2.26. The van der Waals surface area contributed by atoms with Gasteiger partial charge in [-0.15, -0.1) is 0 Å². The number of carbonyl (C=O) groups excluding carboxylic acids is 1. The number of ether oxygens (including phenoxy) is 1. The summed E-state index contributed by atoms with van der Waals surface area (Å²) in [6, 6.07) is 4.53. The van der Waals surface area contributed by atoms with Gasteiger partial charge in [-0.1, -0.05) is 33.3 Å². The average Bonchev–Trinajstić information content (AvgIpc) is 2.58. The standard InChI is InChI=1S/C21H35N3O2/c1-7-23-13-9-8-10-18(23)17-11-12-19(22-14-17)24(15-16(2)3)20(25)26-21(4,5)6/h11-12,14,16,18H,7-10,13,15H2,1-6H3. The van der Waals surface area contributed by atoms with E-state index in [9.17, 15) is 4.79 Å². The molecule has 1 unspecified atom stereocenters. The van der Waals surface area contributed by atoms with Crippen molar-refractivity contribution < 1.29 is 9.53 Å². The van der Waals surface area contributed by atoms with Crippen LogP contribution in [0, 0.1) is 5.92 Å². The zero-order chi connectivity index (χ0) is 19.3. The predicted octanol–water partition coefficient (Wildman–Crippen LogP) is 5.03. The van der Waals surface area contributed by atoms with Crippen LogP contribution in [0.5, 0.6) is 0 Å². The van der Waals surface area contributed by atoms with E-state index >= 15 is 0 Å². The lowest BCUT2D eigenvalue weighted by molar-refractivity contribution is 0.0575. The summed E-state index contributed by atoms with van der Waals surface area (Å²) < 4.78 is 5.57. The van der Waals surface area contributed by atoms with E-state index in [-0.39, 0.29) is 6.09 Å². The topological polar surface area (TPSA) is 45.7 Å². The number of rotatable bonds is 5. The molecule has 0 aliphatic carbocycles. The van der Waals surface area contributed by atoms with Gasteiger partial charge in [0.25, 0.3) is 0 Å². The summed E-state index contributed by atoms with van der Waals surface area (Å²) in [4.78, 5) is 21.4. The molecule has 1 fully saturated rings. The molecule has 1 aliphatic rings. The van der Waals surface area contributed by atoms with Crippen molar-refractivity contribution in [2.24, 2.45) is 5.92 Å². The largest absolute Gasteiger partial charge is 0.443 e. The molecule has 0 radical (unpaired) electrons. The molecule has 1 atom stereocenters. The van der Waals surface area contributed by atoms with Gasteiger partial charge in [-0.3, -0.25) is 9.80 Å². The number of likely N-dealkylation sites (tertiary alicyclic amines) is 1. The highest BCUT2D eigenvalue weighted by atomic mass is 16.6. The molecule has 1 aliphatic heterocycles. The third-order valence-electron chi connectivity index (χ3n) is 4.61. The highest BCUT2D eigenvalue weighted by Crippen LogP contribution is 2.31. The molecule has 0 N–H and O–H groups in total. The van der Waals surface area contributed by atoms with Crippen LogP contribution in [0.3, 0.4) is 0 Å². The summed E-state index contributed by atoms with van der Waals surface area (Å²) in [5, 5.41) is 0. The van der Waals surface area contributed by atoms with Gasteiger partial charge in [0.1, 0.15) is 11.4 Å². The quantitative estimate of drug-likeness (QED) is 0.738. The van der Waals surface area contributed by atoms with Crippen LogP contribution in [0.25, 0.3) is 0 Å². The van der Waals surface area contributed by atoms with Gasteiger partial charge in [0.15, 0.2) is 0 Å². The molecule has 5 heteroatoms. The molecule has 26 heavy (non-hydrogen) atoms. The molecule has 0 bridgehead atoms. The Morgan fingerprint density at radius 1 is 1.35 bits per heavy atom. The van der Waals surface area contributed by atoms with Crippen molar-refractivity contribution in [3.05, 3.63) is 23.9 Å². The molecule has 1 aromatic rings. The Labute approximate surface area is 158 Å². The highest BCUT2D eigenvalue weighted by molar-refractivity contribution is 5.86. The molecular formula is C21H35N3O2. The molecule has 1 aromatic heterocycles. The first-order chi connectivity index (χ1) is 12.2. The summed E-state index contributed by atoms with van der Waals surface area (Å²) >= 11 is 0. The minimum atomic E-state index is -0.518. The van der Waals surface area contributed by atoms with E-state index in [1.807, 2.05) is 33.0 Å². The number of hydrogen-bond donors (Lipinski definition) is 0. The van der Waals surface area contributed by atoms with Gasteiger partial charge in [0.2, 0.25) is 0 Å². The van der Waals surface area contributed by atoms with Gasteiger partial charge in [0.05, 0.1) is 0 Å². The Morgan fingerprint density at radius 2 is 2.08 bits per heavy atom. The van der Waals surface area contributed by atoms with Crippen molar-refractivity contribution in [2.75, 3.05) is 24.5 Å². The van der Waals surface area contributed by atoms with Gasteiger partial charge in [-0.25, -0.2) is 9.78 Å². The van der Waals surface area contributed by atoms with Crippen molar-refractivity contribution in [2.45, 2.75) is 72.4 Å². The maximum Gasteiger partial charge on any atom is 0.416 e. The molecule has 1 saturated heterocycles. The lowest BCUT2D eigenvalue weighted by Gasteiger charge is -2.35. The number of anilines is 1. The van der Waals surface area contributed by atoms with Gasteiger partial charge in [0, 0.05) is 18.8 Å². The van der Waals surface area contributed by atoms with Gasteiger partial charge in [-0.05, 0) is 64.3 Å². The zero-order valence-corrected chi connectivity index (χ0v) is 17.3. The Morgan fingerprint density at radius 3 is 2.62 bits per heavy atom. The second-order valence-corrected chi connectivity index (χ2v) is 8.57. The third-order valence-corrected chi connectivity index (χ3v) is 4.61. The van der Waals surface area contributed by atoms with Crippen LogP contribution in [0.2, 0.25) is 0 Å². The predicted molar refractivity (Wildman–Crippen MR) is 106 cm³/mol. The number of nitrogens with zero attached hydrogens (tertiary/aromatic N) is 3. The zero-order valence-electron chi connectivity index (χ0n) is 17.3. The Balaban J connectivity index is 2.19. The van der Waals surface area contributed by atoms with Crippen LogP contribution in [-0.2, 0) is 4.74 Å². The van der Waals surface area contributed by atoms with Crippen LogP contribution < -0.4 is 4.90 Å². The van der Waals surface area contributed by atoms with Gasteiger partial charge < -0.3 is 4.74 Å². The second-order valence-electron chi connectivity index (χ2n) is 8.57. The van der Waals surface area contributed by atoms with Gasteiger partial charge in [-0.2, -0.15) is 0 Å². The molecule has 0 saturated carbocycles. The molecule has 2 heterocycles. The first-order valence-electron chi connectivity index (χ1n) is 9.91. The van der Waals surface area contributed by atoms with Crippen LogP contribution >= 0.6 is 0 Å². The normalized spacial score (nSPS) is 18.8. The minimum absolute atomic E-state index is 0.331. The van der Waals surface area contributed by atoms with Crippen molar-refractivity contribution >= 4 is 11.9 Å². The summed E-state index contributed by atoms with van der Waals surface area (Å²) in [5.74, 6) is 0.994. The molecule has 146 valence electrons. The van der Waals surface area contributed by atoms with Crippen molar-refractivity contribution in [3.63, 3.8) is 0 Å². The minimum Gasteiger partial charge on any atom is -0.443 e. The SMILES string of the molecule is CCN1CCCCC1c1ccc(N(CC(C)C)C(=O)OC(C)(C)C)nc1. The molecular weight excluding hydrogens is 326 g/mol. The third kappa shape index (κ3) is 5.70. The summed E-state index contributed by atoms with van der Waals surface area (Å²) in [6.45, 7) is 14.9. The van der Waals surface area contributed by atoms with Crippen LogP contribution in [0.15, 0.2) is 18.3 Å². The average molecular weight is 362 g/mol. The summed E-state index contributed by atoms with van der Waals surface area (Å²) in [7, 11) is 0. The van der Waals surface area contributed by atoms with Crippen LogP contribution in [-0.4, -0.2) is 41.2 Å². The van der Waals surface area contributed by atoms with E-state index in [1.165, 1.54) is 24.8 Å². The lowest BCUT2D eigenvalue weighted by atomic mass is 9.96. The van der Waals surface area contributed by atoms with E-state index < -0.39 is 5.60 Å².